The molecule has 1 aliphatic rings. The second-order valence-electron chi connectivity index (χ2n) is 5.86. The second-order valence-corrected chi connectivity index (χ2v) is 5.86. The van der Waals surface area contributed by atoms with Crippen LogP contribution < -0.4 is 5.32 Å². The van der Waals surface area contributed by atoms with E-state index in [4.69, 9.17) is 0 Å². The van der Waals surface area contributed by atoms with Crippen LogP contribution in [0.5, 0.6) is 0 Å². The Labute approximate surface area is 114 Å². The van der Waals surface area contributed by atoms with Gasteiger partial charge in [0.2, 0.25) is 0 Å². The van der Waals surface area contributed by atoms with Gasteiger partial charge in [0.05, 0.1) is 0 Å². The minimum atomic E-state index is 0.237. The van der Waals surface area contributed by atoms with E-state index in [0.29, 0.717) is 0 Å². The maximum atomic E-state index is 4.06. The molecule has 0 unspecified atom stereocenters. The number of fused-ring (bicyclic) bond motifs is 1. The summed E-state index contributed by atoms with van der Waals surface area (Å²) in [4.78, 5) is 8.11. The lowest BCUT2D eigenvalue weighted by Gasteiger charge is -2.17. The number of hydrogen-bond donors (Lipinski definition) is 1. The van der Waals surface area contributed by atoms with Gasteiger partial charge in [-0.3, -0.25) is 0 Å². The van der Waals surface area contributed by atoms with Crippen LogP contribution >= 0.6 is 0 Å². The molecule has 0 saturated carbocycles. The summed E-state index contributed by atoms with van der Waals surface area (Å²) in [6, 6.07) is 6.77. The van der Waals surface area contributed by atoms with Crippen LogP contribution in [-0.2, 0) is 18.3 Å². The molecule has 0 atom stereocenters. The van der Waals surface area contributed by atoms with E-state index in [2.05, 4.69) is 47.3 Å². The summed E-state index contributed by atoms with van der Waals surface area (Å²) in [5, 5.41) is 3.47. The first-order valence-corrected chi connectivity index (χ1v) is 6.76. The number of aryl methyl sites for hydroxylation is 2. The summed E-state index contributed by atoms with van der Waals surface area (Å²) in [6.45, 7) is 5.61. The average Bonchev–Trinajstić information content (AvgIpc) is 2.73. The Balaban J connectivity index is 1.77. The van der Waals surface area contributed by atoms with Gasteiger partial charge >= 0.3 is 0 Å². The number of benzene rings is 1. The summed E-state index contributed by atoms with van der Waals surface area (Å²) in [7, 11) is 0. The molecule has 1 aromatic carbocycles. The molecule has 2 aromatic rings. The van der Waals surface area contributed by atoms with Crippen LogP contribution in [0.3, 0.4) is 0 Å². The van der Waals surface area contributed by atoms with Gasteiger partial charge in [-0.15, -0.1) is 0 Å². The fourth-order valence-corrected chi connectivity index (χ4v) is 2.62. The Morgan fingerprint density at radius 1 is 1.11 bits per heavy atom. The summed E-state index contributed by atoms with van der Waals surface area (Å²) >= 11 is 0. The third-order valence-electron chi connectivity index (χ3n) is 3.85. The Morgan fingerprint density at radius 3 is 2.63 bits per heavy atom. The molecular weight excluding hydrogens is 234 g/mol. The Kier molecular flexibility index (Phi) is 2.97. The monoisotopic (exact) mass is 253 g/mol. The summed E-state index contributed by atoms with van der Waals surface area (Å²) < 4.78 is 0. The molecule has 1 aliphatic heterocycles. The molecule has 3 nitrogen and oxygen atoms in total. The second kappa shape index (κ2) is 4.65. The van der Waals surface area contributed by atoms with Crippen LogP contribution in [0.4, 0.5) is 5.69 Å². The van der Waals surface area contributed by atoms with Gasteiger partial charge in [-0.2, -0.15) is 0 Å². The van der Waals surface area contributed by atoms with Crippen molar-refractivity contribution in [3.05, 3.63) is 53.6 Å². The van der Waals surface area contributed by atoms with Crippen molar-refractivity contribution in [2.75, 3.05) is 11.9 Å². The molecule has 0 fully saturated rings. The van der Waals surface area contributed by atoms with Crippen molar-refractivity contribution >= 4 is 5.69 Å². The highest BCUT2D eigenvalue weighted by Gasteiger charge is 2.29. The molecule has 0 aliphatic carbocycles. The van der Waals surface area contributed by atoms with Crippen LogP contribution in [0.1, 0.15) is 30.5 Å². The zero-order valence-corrected chi connectivity index (χ0v) is 11.5. The molecule has 2 heterocycles. The molecule has 1 N–H and O–H groups in total. The van der Waals surface area contributed by atoms with Gasteiger partial charge in [0, 0.05) is 30.0 Å². The maximum Gasteiger partial charge on any atom is 0.115 e. The smallest absolute Gasteiger partial charge is 0.115 e. The Morgan fingerprint density at radius 2 is 1.84 bits per heavy atom. The number of rotatable bonds is 3. The lowest BCUT2D eigenvalue weighted by atomic mass is 9.85. The summed E-state index contributed by atoms with van der Waals surface area (Å²) in [6.07, 6.45) is 7.40. The number of anilines is 1. The predicted octanol–water partition coefficient (Wildman–Crippen LogP) is 2.96. The zero-order chi connectivity index (χ0) is 13.3. The van der Waals surface area contributed by atoms with E-state index in [1.807, 2.05) is 12.4 Å². The van der Waals surface area contributed by atoms with Gasteiger partial charge in [-0.1, -0.05) is 26.0 Å². The zero-order valence-electron chi connectivity index (χ0n) is 11.5. The first-order valence-electron chi connectivity index (χ1n) is 6.76. The molecule has 3 heteroatoms. The number of hydrogen-bond acceptors (Lipinski definition) is 3. The Hall–Kier alpha value is -1.90. The van der Waals surface area contributed by atoms with Gasteiger partial charge in [0.15, 0.2) is 0 Å². The highest BCUT2D eigenvalue weighted by Crippen LogP contribution is 2.36. The summed E-state index contributed by atoms with van der Waals surface area (Å²) in [5.74, 6) is 0. The van der Waals surface area contributed by atoms with Crippen molar-refractivity contribution in [3.63, 3.8) is 0 Å². The van der Waals surface area contributed by atoms with Gasteiger partial charge in [0.1, 0.15) is 6.33 Å². The summed E-state index contributed by atoms with van der Waals surface area (Å²) in [5.41, 5.74) is 5.55. The highest BCUT2D eigenvalue weighted by atomic mass is 14.9. The maximum absolute atomic E-state index is 4.06. The molecule has 0 bridgehead atoms. The lowest BCUT2D eigenvalue weighted by molar-refractivity contribution is 0.585. The standard InChI is InChI=1S/C16H19N3/c1-16(2)10-19-15-6-5-12(7-14(15)16)3-4-13-8-17-11-18-9-13/h5-9,11,19H,3-4,10H2,1-2H3. The van der Waals surface area contributed by atoms with Crippen molar-refractivity contribution in [1.29, 1.82) is 0 Å². The molecule has 1 aromatic heterocycles. The number of nitrogens with zero attached hydrogens (tertiary/aromatic N) is 2. The van der Waals surface area contributed by atoms with Crippen LogP contribution in [0.25, 0.3) is 0 Å². The van der Waals surface area contributed by atoms with Crippen LogP contribution in [0.15, 0.2) is 36.9 Å². The van der Waals surface area contributed by atoms with Crippen molar-refractivity contribution in [3.8, 4) is 0 Å². The highest BCUT2D eigenvalue weighted by molar-refractivity contribution is 5.60. The lowest BCUT2D eigenvalue weighted by Crippen LogP contribution is -2.19. The molecule has 0 spiro atoms. The van der Waals surface area contributed by atoms with Crippen LogP contribution in [0.2, 0.25) is 0 Å². The van der Waals surface area contributed by atoms with E-state index in [1.54, 1.807) is 6.33 Å². The molecule has 0 radical (unpaired) electrons. The Bertz CT molecular complexity index is 576. The molecule has 98 valence electrons. The van der Waals surface area contributed by atoms with E-state index >= 15 is 0 Å². The average molecular weight is 253 g/mol. The number of aromatic nitrogens is 2. The molecule has 0 saturated heterocycles. The van der Waals surface area contributed by atoms with E-state index < -0.39 is 0 Å². The largest absolute Gasteiger partial charge is 0.384 e. The van der Waals surface area contributed by atoms with E-state index in [9.17, 15) is 0 Å². The third-order valence-corrected chi connectivity index (χ3v) is 3.85. The minimum absolute atomic E-state index is 0.237. The van der Waals surface area contributed by atoms with Gasteiger partial charge in [-0.25, -0.2) is 9.97 Å². The quantitative estimate of drug-likeness (QED) is 0.914. The number of nitrogens with one attached hydrogen (secondary N) is 1. The first-order chi connectivity index (χ1) is 9.15. The van der Waals surface area contributed by atoms with Crippen molar-refractivity contribution in [2.24, 2.45) is 0 Å². The van der Waals surface area contributed by atoms with Gasteiger partial charge in [0.25, 0.3) is 0 Å². The van der Waals surface area contributed by atoms with Crippen molar-refractivity contribution in [1.82, 2.24) is 9.97 Å². The molecular formula is C16H19N3. The molecule has 19 heavy (non-hydrogen) atoms. The predicted molar refractivity (Wildman–Crippen MR) is 77.4 cm³/mol. The van der Waals surface area contributed by atoms with Crippen molar-refractivity contribution in [2.45, 2.75) is 32.1 Å². The topological polar surface area (TPSA) is 37.8 Å². The van der Waals surface area contributed by atoms with Crippen LogP contribution in [-0.4, -0.2) is 16.5 Å². The first kappa shape index (κ1) is 12.2. The van der Waals surface area contributed by atoms with Crippen LogP contribution in [0, 0.1) is 0 Å². The molecule has 3 rings (SSSR count). The third kappa shape index (κ3) is 2.46. The van der Waals surface area contributed by atoms with E-state index in [1.165, 1.54) is 22.4 Å². The van der Waals surface area contributed by atoms with Gasteiger partial charge in [-0.05, 0) is 35.6 Å². The SMILES string of the molecule is CC1(C)CNc2ccc(CCc3cncnc3)cc21. The molecule has 0 amide bonds. The van der Waals surface area contributed by atoms with Crippen molar-refractivity contribution < 1.29 is 0 Å². The minimum Gasteiger partial charge on any atom is -0.384 e. The van der Waals surface area contributed by atoms with E-state index in [-0.39, 0.29) is 5.41 Å². The normalized spacial score (nSPS) is 15.9. The fourth-order valence-electron chi connectivity index (χ4n) is 2.62. The van der Waals surface area contributed by atoms with E-state index in [0.717, 1.165) is 19.4 Å². The van der Waals surface area contributed by atoms with Gasteiger partial charge < -0.3 is 5.32 Å². The fraction of sp³-hybridized carbons (Fsp3) is 0.375.